The number of aryl methyl sites for hydroxylation is 1. The smallest absolute Gasteiger partial charge is 0.226 e. The predicted octanol–water partition coefficient (Wildman–Crippen LogP) is 2.30. The quantitative estimate of drug-likeness (QED) is 0.836. The molecule has 4 nitrogen and oxygen atoms in total. The van der Waals surface area contributed by atoms with Crippen molar-refractivity contribution in [1.82, 2.24) is 15.0 Å². The summed E-state index contributed by atoms with van der Waals surface area (Å²) in [6.45, 7) is 6.92. The van der Waals surface area contributed by atoms with Gasteiger partial charge in [-0.05, 0) is 18.4 Å². The molecular weight excluding hydrogens is 190 g/mol. The number of hydrogen-bond donors (Lipinski definition) is 1. The number of nitrogens with one attached hydrogen (secondary N) is 1. The lowest BCUT2D eigenvalue weighted by Gasteiger charge is -2.08. The van der Waals surface area contributed by atoms with E-state index in [1.807, 2.05) is 13.1 Å². The van der Waals surface area contributed by atoms with Crippen LogP contribution in [0.5, 0.6) is 5.88 Å². The van der Waals surface area contributed by atoms with E-state index in [4.69, 9.17) is 4.74 Å². The Kier molecular flexibility index (Phi) is 2.58. The van der Waals surface area contributed by atoms with Gasteiger partial charge in [-0.25, -0.2) is 9.97 Å². The summed E-state index contributed by atoms with van der Waals surface area (Å²) in [5.41, 5.74) is 1.95. The molecule has 0 aliphatic rings. The zero-order valence-corrected chi connectivity index (χ0v) is 9.24. The minimum Gasteiger partial charge on any atom is -0.477 e. The van der Waals surface area contributed by atoms with E-state index in [1.165, 1.54) is 6.33 Å². The summed E-state index contributed by atoms with van der Waals surface area (Å²) in [5.74, 6) is 1.17. The summed E-state index contributed by atoms with van der Waals surface area (Å²) in [4.78, 5) is 11.4. The number of aromatic amines is 1. The Morgan fingerprint density at radius 3 is 2.93 bits per heavy atom. The molecule has 0 bridgehead atoms. The molecule has 0 unspecified atom stereocenters. The van der Waals surface area contributed by atoms with Crippen LogP contribution in [-0.4, -0.2) is 21.6 Å². The van der Waals surface area contributed by atoms with Crippen molar-refractivity contribution in [3.63, 3.8) is 0 Å². The van der Waals surface area contributed by atoms with Crippen molar-refractivity contribution in [1.29, 1.82) is 0 Å². The fraction of sp³-hybridized carbons (Fsp3) is 0.455. The van der Waals surface area contributed by atoms with Crippen molar-refractivity contribution >= 4 is 11.0 Å². The third-order valence-electron chi connectivity index (χ3n) is 2.19. The Labute approximate surface area is 88.7 Å². The molecule has 15 heavy (non-hydrogen) atoms. The zero-order valence-electron chi connectivity index (χ0n) is 9.24. The van der Waals surface area contributed by atoms with Gasteiger partial charge in [0.2, 0.25) is 5.88 Å². The molecule has 0 fully saturated rings. The molecule has 4 heteroatoms. The van der Waals surface area contributed by atoms with Crippen LogP contribution in [0.15, 0.2) is 12.5 Å². The minimum atomic E-state index is 0.495. The number of fused-ring (bicyclic) bond motifs is 1. The van der Waals surface area contributed by atoms with Gasteiger partial charge in [-0.3, -0.25) is 0 Å². The number of rotatable bonds is 3. The molecule has 0 aromatic carbocycles. The minimum absolute atomic E-state index is 0.495. The fourth-order valence-electron chi connectivity index (χ4n) is 1.44. The van der Waals surface area contributed by atoms with Gasteiger partial charge >= 0.3 is 0 Å². The largest absolute Gasteiger partial charge is 0.477 e. The second kappa shape index (κ2) is 3.88. The zero-order chi connectivity index (χ0) is 10.8. The lowest BCUT2D eigenvalue weighted by atomic mass is 10.2. The van der Waals surface area contributed by atoms with E-state index in [9.17, 15) is 0 Å². The Morgan fingerprint density at radius 2 is 2.20 bits per heavy atom. The molecule has 2 heterocycles. The van der Waals surface area contributed by atoms with Crippen LogP contribution in [-0.2, 0) is 0 Å². The second-order valence-corrected chi connectivity index (χ2v) is 4.08. The number of H-pyrrole nitrogens is 1. The van der Waals surface area contributed by atoms with E-state index < -0.39 is 0 Å². The van der Waals surface area contributed by atoms with Gasteiger partial charge in [0.25, 0.3) is 0 Å². The van der Waals surface area contributed by atoms with Crippen molar-refractivity contribution < 1.29 is 4.74 Å². The third-order valence-corrected chi connectivity index (χ3v) is 2.19. The first-order valence-electron chi connectivity index (χ1n) is 5.10. The summed E-state index contributed by atoms with van der Waals surface area (Å²) in [5, 5.41) is 0.984. The molecule has 0 amide bonds. The maximum atomic E-state index is 5.65. The van der Waals surface area contributed by atoms with Gasteiger partial charge in [-0.2, -0.15) is 0 Å². The van der Waals surface area contributed by atoms with E-state index in [1.54, 1.807) is 0 Å². The SMILES string of the molecule is Cc1c[nH]c2ncnc(OCC(C)C)c12. The Hall–Kier alpha value is -1.58. The average molecular weight is 205 g/mol. The molecule has 0 saturated heterocycles. The fourth-order valence-corrected chi connectivity index (χ4v) is 1.44. The molecule has 0 radical (unpaired) electrons. The van der Waals surface area contributed by atoms with Crippen molar-refractivity contribution in [2.24, 2.45) is 5.92 Å². The van der Waals surface area contributed by atoms with Crippen LogP contribution in [0, 0.1) is 12.8 Å². The number of aromatic nitrogens is 3. The first-order chi connectivity index (χ1) is 7.18. The summed E-state index contributed by atoms with van der Waals surface area (Å²) in [6, 6.07) is 0. The summed E-state index contributed by atoms with van der Waals surface area (Å²) in [7, 11) is 0. The molecular formula is C11H15N3O. The normalized spacial score (nSPS) is 11.2. The molecule has 2 aromatic heterocycles. The van der Waals surface area contributed by atoms with Gasteiger partial charge < -0.3 is 9.72 Å². The molecule has 0 saturated carbocycles. The van der Waals surface area contributed by atoms with Gasteiger partial charge in [0.15, 0.2) is 0 Å². The highest BCUT2D eigenvalue weighted by Crippen LogP contribution is 2.24. The molecule has 0 spiro atoms. The maximum absolute atomic E-state index is 5.65. The topological polar surface area (TPSA) is 50.8 Å². The van der Waals surface area contributed by atoms with Gasteiger partial charge in [0.1, 0.15) is 12.0 Å². The molecule has 0 aliphatic heterocycles. The Bertz CT molecular complexity index is 462. The van der Waals surface area contributed by atoms with E-state index in [2.05, 4.69) is 28.8 Å². The Balaban J connectivity index is 2.37. The van der Waals surface area contributed by atoms with Crippen LogP contribution in [0.2, 0.25) is 0 Å². The second-order valence-electron chi connectivity index (χ2n) is 4.08. The molecule has 1 N–H and O–H groups in total. The highest BCUT2D eigenvalue weighted by Gasteiger charge is 2.09. The summed E-state index contributed by atoms with van der Waals surface area (Å²) in [6.07, 6.45) is 3.44. The van der Waals surface area contributed by atoms with Gasteiger partial charge in [-0.1, -0.05) is 13.8 Å². The van der Waals surface area contributed by atoms with Crippen LogP contribution in [0.25, 0.3) is 11.0 Å². The molecule has 2 rings (SSSR count). The first kappa shape index (κ1) is 9.96. The molecule has 0 aliphatic carbocycles. The lowest BCUT2D eigenvalue weighted by Crippen LogP contribution is -2.06. The van der Waals surface area contributed by atoms with Gasteiger partial charge in [-0.15, -0.1) is 0 Å². The van der Waals surface area contributed by atoms with Crippen molar-refractivity contribution in [2.45, 2.75) is 20.8 Å². The molecule has 80 valence electrons. The van der Waals surface area contributed by atoms with E-state index in [0.29, 0.717) is 18.4 Å². The summed E-state index contributed by atoms with van der Waals surface area (Å²) >= 11 is 0. The van der Waals surface area contributed by atoms with Crippen molar-refractivity contribution in [2.75, 3.05) is 6.61 Å². The number of hydrogen-bond acceptors (Lipinski definition) is 3. The first-order valence-corrected chi connectivity index (χ1v) is 5.10. The number of ether oxygens (including phenoxy) is 1. The van der Waals surface area contributed by atoms with Gasteiger partial charge in [0.05, 0.1) is 12.0 Å². The standard InChI is InChI=1S/C11H15N3O/c1-7(2)5-15-11-9-8(3)4-12-10(9)13-6-14-11/h4,6-7H,5H2,1-3H3,(H,12,13,14). The van der Waals surface area contributed by atoms with E-state index in [0.717, 1.165) is 16.6 Å². The van der Waals surface area contributed by atoms with Crippen LogP contribution >= 0.6 is 0 Å². The molecule has 2 aromatic rings. The van der Waals surface area contributed by atoms with Crippen LogP contribution in [0.1, 0.15) is 19.4 Å². The average Bonchev–Trinajstić information content (AvgIpc) is 2.58. The third kappa shape index (κ3) is 1.93. The Morgan fingerprint density at radius 1 is 1.40 bits per heavy atom. The summed E-state index contributed by atoms with van der Waals surface area (Å²) < 4.78 is 5.65. The highest BCUT2D eigenvalue weighted by molar-refractivity contribution is 5.84. The van der Waals surface area contributed by atoms with Crippen LogP contribution in [0.3, 0.4) is 0 Å². The predicted molar refractivity (Wildman–Crippen MR) is 59.0 cm³/mol. The van der Waals surface area contributed by atoms with Crippen LogP contribution < -0.4 is 4.74 Å². The maximum Gasteiger partial charge on any atom is 0.226 e. The number of nitrogens with zero attached hydrogens (tertiary/aromatic N) is 2. The van der Waals surface area contributed by atoms with E-state index in [-0.39, 0.29) is 0 Å². The van der Waals surface area contributed by atoms with Crippen molar-refractivity contribution in [3.05, 3.63) is 18.1 Å². The van der Waals surface area contributed by atoms with Crippen molar-refractivity contribution in [3.8, 4) is 5.88 Å². The monoisotopic (exact) mass is 205 g/mol. The van der Waals surface area contributed by atoms with Crippen LogP contribution in [0.4, 0.5) is 0 Å². The lowest BCUT2D eigenvalue weighted by molar-refractivity contribution is 0.264. The molecule has 0 atom stereocenters. The highest BCUT2D eigenvalue weighted by atomic mass is 16.5. The van der Waals surface area contributed by atoms with E-state index >= 15 is 0 Å². The van der Waals surface area contributed by atoms with Gasteiger partial charge in [0, 0.05) is 6.20 Å².